The van der Waals surface area contributed by atoms with Crippen molar-refractivity contribution in [1.82, 2.24) is 24.8 Å². The van der Waals surface area contributed by atoms with Gasteiger partial charge < -0.3 is 10.2 Å². The molecule has 0 unspecified atom stereocenters. The summed E-state index contributed by atoms with van der Waals surface area (Å²) in [5.41, 5.74) is 2.06. The normalized spacial score (nSPS) is 14.8. The molecule has 0 aliphatic carbocycles. The molecule has 8 nitrogen and oxygen atoms in total. The molecule has 0 saturated heterocycles. The molecule has 0 saturated carbocycles. The summed E-state index contributed by atoms with van der Waals surface area (Å²) >= 11 is 6.53. The number of carbonyl (C=O) groups excluding carboxylic acids is 1. The summed E-state index contributed by atoms with van der Waals surface area (Å²) in [6.45, 7) is 3.09. The van der Waals surface area contributed by atoms with E-state index < -0.39 is 5.69 Å². The second-order valence-electron chi connectivity index (χ2n) is 7.34. The highest BCUT2D eigenvalue weighted by Crippen LogP contribution is 2.33. The average Bonchev–Trinajstić information content (AvgIpc) is 3.03. The van der Waals surface area contributed by atoms with Crippen LogP contribution in [0, 0.1) is 0 Å². The summed E-state index contributed by atoms with van der Waals surface area (Å²) in [6.07, 6.45) is 1.60. The van der Waals surface area contributed by atoms with Crippen molar-refractivity contribution in [3.63, 3.8) is 0 Å². The molecule has 1 aromatic carbocycles. The topological polar surface area (TPSA) is 95.9 Å². The predicted molar refractivity (Wildman–Crippen MR) is 119 cm³/mol. The van der Waals surface area contributed by atoms with Crippen LogP contribution in [0.2, 0.25) is 5.02 Å². The minimum Gasteiger partial charge on any atom is -0.350 e. The van der Waals surface area contributed by atoms with E-state index in [9.17, 15) is 9.59 Å². The zero-order chi connectivity index (χ0) is 21.5. The van der Waals surface area contributed by atoms with E-state index in [1.54, 1.807) is 24.4 Å². The lowest BCUT2D eigenvalue weighted by atomic mass is 10.1. The van der Waals surface area contributed by atoms with Crippen LogP contribution < -0.4 is 15.9 Å². The summed E-state index contributed by atoms with van der Waals surface area (Å²) in [6, 6.07) is 15.0. The van der Waals surface area contributed by atoms with Crippen LogP contribution in [0.4, 0.5) is 5.82 Å². The lowest BCUT2D eigenvalue weighted by Gasteiger charge is -2.30. The molecular formula is C22H19ClN6O2. The number of fused-ring (bicyclic) bond motifs is 2. The molecule has 0 fully saturated rings. The van der Waals surface area contributed by atoms with Crippen LogP contribution in [0.15, 0.2) is 59.5 Å². The third-order valence-corrected chi connectivity index (χ3v) is 5.79. The summed E-state index contributed by atoms with van der Waals surface area (Å²) in [5, 5.41) is 3.10. The standard InChI is InChI=1S/C22H19ClN6O2/c1-13(14-6-3-2-4-7-14)28-11-10-25-21(30)15-12-16(23)20(27-19(15)28)29-17-8-5-9-24-18(17)26-22(29)31/h2-9,12-13H,10-11H2,1H3,(H,25,30)(H,24,26,31)/t13-/m1/s1. The second-order valence-corrected chi connectivity index (χ2v) is 7.74. The van der Waals surface area contributed by atoms with Crippen molar-refractivity contribution in [2.75, 3.05) is 18.0 Å². The average molecular weight is 435 g/mol. The van der Waals surface area contributed by atoms with E-state index in [4.69, 9.17) is 16.6 Å². The van der Waals surface area contributed by atoms with E-state index in [-0.39, 0.29) is 22.8 Å². The van der Waals surface area contributed by atoms with Gasteiger partial charge >= 0.3 is 5.69 Å². The van der Waals surface area contributed by atoms with Crippen LogP contribution in [-0.2, 0) is 0 Å². The Morgan fingerprint density at radius 3 is 2.71 bits per heavy atom. The lowest BCUT2D eigenvalue weighted by Crippen LogP contribution is -2.32. The number of hydrogen-bond donors (Lipinski definition) is 2. The largest absolute Gasteiger partial charge is 0.350 e. The van der Waals surface area contributed by atoms with Crippen molar-refractivity contribution >= 4 is 34.5 Å². The van der Waals surface area contributed by atoms with Gasteiger partial charge in [0.05, 0.1) is 22.1 Å². The fourth-order valence-electron chi connectivity index (χ4n) is 3.94. The molecule has 5 rings (SSSR count). The maximum absolute atomic E-state index is 12.7. The number of pyridine rings is 2. The number of nitrogens with one attached hydrogen (secondary N) is 2. The Bertz CT molecular complexity index is 1350. The van der Waals surface area contributed by atoms with Crippen molar-refractivity contribution < 1.29 is 4.79 Å². The van der Waals surface area contributed by atoms with E-state index in [0.29, 0.717) is 35.6 Å². The summed E-state index contributed by atoms with van der Waals surface area (Å²) in [7, 11) is 0. The van der Waals surface area contributed by atoms with Gasteiger partial charge in [-0.1, -0.05) is 41.9 Å². The zero-order valence-electron chi connectivity index (χ0n) is 16.7. The number of hydrogen-bond acceptors (Lipinski definition) is 5. The van der Waals surface area contributed by atoms with Gasteiger partial charge in [-0.05, 0) is 30.7 Å². The smallest absolute Gasteiger partial charge is 0.333 e. The molecule has 9 heteroatoms. The molecule has 0 radical (unpaired) electrons. The van der Waals surface area contributed by atoms with Gasteiger partial charge in [0.2, 0.25) is 0 Å². The maximum Gasteiger partial charge on any atom is 0.333 e. The summed E-state index contributed by atoms with van der Waals surface area (Å²) in [4.78, 5) is 39.1. The number of imidazole rings is 1. The van der Waals surface area contributed by atoms with Crippen molar-refractivity contribution in [2.45, 2.75) is 13.0 Å². The number of halogens is 1. The highest BCUT2D eigenvalue weighted by Gasteiger charge is 2.29. The number of amides is 1. The van der Waals surface area contributed by atoms with Gasteiger partial charge in [-0.3, -0.25) is 9.78 Å². The number of benzene rings is 1. The predicted octanol–water partition coefficient (Wildman–Crippen LogP) is 3.07. The van der Waals surface area contributed by atoms with Crippen LogP contribution in [0.25, 0.3) is 17.0 Å². The minimum atomic E-state index is -0.399. The molecule has 3 aromatic heterocycles. The Balaban J connectivity index is 1.72. The molecule has 1 aliphatic rings. The number of anilines is 1. The van der Waals surface area contributed by atoms with Crippen LogP contribution in [0.1, 0.15) is 28.9 Å². The Morgan fingerprint density at radius 2 is 1.90 bits per heavy atom. The first-order chi connectivity index (χ1) is 15.0. The van der Waals surface area contributed by atoms with Gasteiger partial charge in [0.25, 0.3) is 5.91 Å². The van der Waals surface area contributed by atoms with Crippen molar-refractivity contribution in [2.24, 2.45) is 0 Å². The Morgan fingerprint density at radius 1 is 1.10 bits per heavy atom. The molecule has 1 atom stereocenters. The molecule has 1 aliphatic heterocycles. The number of carbonyl (C=O) groups is 1. The Kier molecular flexibility index (Phi) is 4.71. The van der Waals surface area contributed by atoms with Crippen molar-refractivity contribution in [3.8, 4) is 5.82 Å². The fourth-order valence-corrected chi connectivity index (χ4v) is 4.18. The second kappa shape index (κ2) is 7.55. The van der Waals surface area contributed by atoms with Crippen LogP contribution in [0.5, 0.6) is 0 Å². The molecular weight excluding hydrogens is 416 g/mol. The first-order valence-corrected chi connectivity index (χ1v) is 10.3. The fraction of sp³-hybridized carbons (Fsp3) is 0.182. The van der Waals surface area contributed by atoms with Gasteiger partial charge in [-0.15, -0.1) is 0 Å². The minimum absolute atomic E-state index is 0.0458. The number of aromatic amines is 1. The van der Waals surface area contributed by atoms with E-state index in [0.717, 1.165) is 5.56 Å². The summed E-state index contributed by atoms with van der Waals surface area (Å²) < 4.78 is 1.39. The molecule has 4 aromatic rings. The van der Waals surface area contributed by atoms with E-state index in [1.807, 2.05) is 30.3 Å². The van der Waals surface area contributed by atoms with E-state index >= 15 is 0 Å². The molecule has 0 spiro atoms. The number of nitrogens with zero attached hydrogens (tertiary/aromatic N) is 4. The number of rotatable bonds is 3. The molecule has 4 heterocycles. The monoisotopic (exact) mass is 434 g/mol. The van der Waals surface area contributed by atoms with Crippen LogP contribution in [-0.4, -0.2) is 38.5 Å². The van der Waals surface area contributed by atoms with Gasteiger partial charge in [-0.25, -0.2) is 19.3 Å². The van der Waals surface area contributed by atoms with Crippen LogP contribution >= 0.6 is 11.6 Å². The molecule has 1 amide bonds. The lowest BCUT2D eigenvalue weighted by molar-refractivity contribution is 0.0957. The van der Waals surface area contributed by atoms with E-state index in [2.05, 4.69) is 27.1 Å². The Labute approximate surface area is 182 Å². The van der Waals surface area contributed by atoms with Crippen molar-refractivity contribution in [1.29, 1.82) is 0 Å². The first kappa shape index (κ1) is 19.3. The quantitative estimate of drug-likeness (QED) is 0.516. The first-order valence-electron chi connectivity index (χ1n) is 9.91. The Hall–Kier alpha value is -3.65. The van der Waals surface area contributed by atoms with Gasteiger partial charge in [0.1, 0.15) is 5.82 Å². The third-order valence-electron chi connectivity index (χ3n) is 5.51. The van der Waals surface area contributed by atoms with Gasteiger partial charge in [-0.2, -0.15) is 0 Å². The summed E-state index contributed by atoms with van der Waals surface area (Å²) in [5.74, 6) is 0.493. The number of H-pyrrole nitrogens is 1. The zero-order valence-corrected chi connectivity index (χ0v) is 17.4. The highest BCUT2D eigenvalue weighted by atomic mass is 35.5. The molecule has 0 bridgehead atoms. The van der Waals surface area contributed by atoms with Crippen molar-refractivity contribution in [3.05, 3.63) is 81.4 Å². The van der Waals surface area contributed by atoms with Gasteiger partial charge in [0.15, 0.2) is 11.5 Å². The number of aromatic nitrogens is 4. The molecule has 31 heavy (non-hydrogen) atoms. The third kappa shape index (κ3) is 3.25. The van der Waals surface area contributed by atoms with E-state index in [1.165, 1.54) is 4.57 Å². The molecule has 2 N–H and O–H groups in total. The van der Waals surface area contributed by atoms with Crippen LogP contribution in [0.3, 0.4) is 0 Å². The van der Waals surface area contributed by atoms with Gasteiger partial charge in [0, 0.05) is 19.3 Å². The SMILES string of the molecule is C[C@H](c1ccccc1)N1CCNC(=O)c2cc(Cl)c(-n3c(=O)[nH]c4ncccc43)nc21. The maximum atomic E-state index is 12.7. The highest BCUT2D eigenvalue weighted by molar-refractivity contribution is 6.32. The molecule has 156 valence electrons.